The van der Waals surface area contributed by atoms with Crippen LogP contribution in [0.1, 0.15) is 41.8 Å². The van der Waals surface area contributed by atoms with E-state index in [2.05, 4.69) is 34.6 Å². The quantitative estimate of drug-likeness (QED) is 0.782. The molecule has 1 fully saturated rings. The Bertz CT molecular complexity index is 878. The lowest BCUT2D eigenvalue weighted by molar-refractivity contribution is 0.101. The zero-order valence-corrected chi connectivity index (χ0v) is 17.2. The number of benzene rings is 2. The van der Waals surface area contributed by atoms with Crippen LogP contribution in [0.4, 0.5) is 10.5 Å². The lowest BCUT2D eigenvalue weighted by atomic mass is 9.78. The number of Topliss-reactive ketones (excluding diaryl/α,β-unsaturated/α-hetero) is 1. The lowest BCUT2D eigenvalue weighted by Gasteiger charge is -2.32. The van der Waals surface area contributed by atoms with Crippen LogP contribution in [0.3, 0.4) is 0 Å². The molecule has 29 heavy (non-hydrogen) atoms. The molecule has 1 aliphatic carbocycles. The molecule has 5 nitrogen and oxygen atoms in total. The van der Waals surface area contributed by atoms with Crippen molar-refractivity contribution in [2.45, 2.75) is 33.1 Å². The van der Waals surface area contributed by atoms with Gasteiger partial charge in [0.1, 0.15) is 0 Å². The van der Waals surface area contributed by atoms with Gasteiger partial charge in [-0.1, -0.05) is 43.3 Å². The second-order valence-electron chi connectivity index (χ2n) is 8.22. The van der Waals surface area contributed by atoms with Gasteiger partial charge in [-0.3, -0.25) is 4.79 Å². The van der Waals surface area contributed by atoms with Crippen molar-refractivity contribution in [2.24, 2.45) is 11.8 Å². The standard InChI is InChI=1S/C24H29N3O2/c1-3-11-25-24(29)27(23-10-6-9-18(14-23)17(2)28)26-15-21-12-19-7-4-5-8-20(19)13-22(21)16-26/h4-10,14,21-22H,3,11-13,15-16H2,1-2H3,(H,25,29). The molecular weight excluding hydrogens is 362 g/mol. The van der Waals surface area contributed by atoms with E-state index in [-0.39, 0.29) is 11.8 Å². The van der Waals surface area contributed by atoms with Crippen molar-refractivity contribution in [1.29, 1.82) is 0 Å². The van der Waals surface area contributed by atoms with E-state index < -0.39 is 0 Å². The molecule has 2 unspecified atom stereocenters. The van der Waals surface area contributed by atoms with E-state index in [4.69, 9.17) is 0 Å². The molecule has 1 saturated heterocycles. The number of hydrogen-bond acceptors (Lipinski definition) is 3. The Kier molecular flexibility index (Phi) is 5.67. The summed E-state index contributed by atoms with van der Waals surface area (Å²) in [6.45, 7) is 5.93. The third-order valence-corrected chi connectivity index (χ3v) is 6.14. The zero-order chi connectivity index (χ0) is 20.4. The maximum atomic E-state index is 13.1. The van der Waals surface area contributed by atoms with Crippen molar-refractivity contribution >= 4 is 17.5 Å². The lowest BCUT2D eigenvalue weighted by Crippen LogP contribution is -2.50. The molecule has 2 aromatic carbocycles. The molecule has 2 amide bonds. The van der Waals surface area contributed by atoms with Gasteiger partial charge in [-0.2, -0.15) is 0 Å². The zero-order valence-electron chi connectivity index (χ0n) is 17.2. The summed E-state index contributed by atoms with van der Waals surface area (Å²) >= 11 is 0. The molecule has 2 aliphatic rings. The van der Waals surface area contributed by atoms with Gasteiger partial charge in [0.25, 0.3) is 0 Å². The number of hydrogen-bond donors (Lipinski definition) is 1. The van der Waals surface area contributed by atoms with E-state index in [0.29, 0.717) is 23.9 Å². The minimum absolute atomic E-state index is 0.00584. The van der Waals surface area contributed by atoms with Crippen LogP contribution in [0.5, 0.6) is 0 Å². The fraction of sp³-hybridized carbons (Fsp3) is 0.417. The fourth-order valence-corrected chi connectivity index (χ4v) is 4.63. The molecule has 1 aliphatic heterocycles. The molecule has 0 radical (unpaired) electrons. The Labute approximate surface area is 172 Å². The fourth-order valence-electron chi connectivity index (χ4n) is 4.63. The number of hydrazine groups is 1. The molecule has 0 bridgehead atoms. The van der Waals surface area contributed by atoms with Crippen molar-refractivity contribution in [3.63, 3.8) is 0 Å². The molecule has 152 valence electrons. The first-order valence-electron chi connectivity index (χ1n) is 10.6. The molecule has 1 N–H and O–H groups in total. The number of urea groups is 1. The number of anilines is 1. The normalized spacial score (nSPS) is 20.6. The van der Waals surface area contributed by atoms with Gasteiger partial charge in [-0.25, -0.2) is 14.8 Å². The first-order valence-corrected chi connectivity index (χ1v) is 10.6. The summed E-state index contributed by atoms with van der Waals surface area (Å²) in [6, 6.07) is 16.0. The van der Waals surface area contributed by atoms with E-state index in [9.17, 15) is 9.59 Å². The average molecular weight is 392 g/mol. The summed E-state index contributed by atoms with van der Waals surface area (Å²) < 4.78 is 0. The maximum Gasteiger partial charge on any atom is 0.336 e. The highest BCUT2D eigenvalue weighted by atomic mass is 16.2. The molecular formula is C24H29N3O2. The molecule has 5 heteroatoms. The predicted molar refractivity (Wildman–Crippen MR) is 115 cm³/mol. The Balaban J connectivity index is 1.60. The van der Waals surface area contributed by atoms with Gasteiger partial charge in [-0.15, -0.1) is 0 Å². The van der Waals surface area contributed by atoms with Gasteiger partial charge in [0.05, 0.1) is 5.69 Å². The number of rotatable bonds is 5. The van der Waals surface area contributed by atoms with Gasteiger partial charge in [0.15, 0.2) is 5.78 Å². The van der Waals surface area contributed by atoms with E-state index >= 15 is 0 Å². The highest BCUT2D eigenvalue weighted by Crippen LogP contribution is 2.37. The van der Waals surface area contributed by atoms with Gasteiger partial charge >= 0.3 is 6.03 Å². The average Bonchev–Trinajstić information content (AvgIpc) is 3.12. The van der Waals surface area contributed by atoms with Crippen molar-refractivity contribution < 1.29 is 9.59 Å². The number of carbonyl (C=O) groups is 2. The SMILES string of the molecule is CCCNC(=O)N(c1cccc(C(C)=O)c1)N1CC2Cc3ccccc3CC2C1. The summed E-state index contributed by atoms with van der Waals surface area (Å²) in [6.07, 6.45) is 3.01. The maximum absolute atomic E-state index is 13.1. The second kappa shape index (κ2) is 8.37. The Morgan fingerprint density at radius 3 is 2.28 bits per heavy atom. The van der Waals surface area contributed by atoms with Crippen LogP contribution in [0.15, 0.2) is 48.5 Å². The van der Waals surface area contributed by atoms with Gasteiger partial charge in [-0.05, 0) is 61.3 Å². The number of nitrogens with one attached hydrogen (secondary N) is 1. The molecule has 4 rings (SSSR count). The van der Waals surface area contributed by atoms with Crippen LogP contribution in [-0.4, -0.2) is 36.5 Å². The summed E-state index contributed by atoms with van der Waals surface area (Å²) in [5, 5.41) is 6.94. The van der Waals surface area contributed by atoms with Gasteiger partial charge < -0.3 is 5.32 Å². The van der Waals surface area contributed by atoms with Crippen LogP contribution < -0.4 is 10.3 Å². The number of ketones is 1. The Hall–Kier alpha value is -2.66. The predicted octanol–water partition coefficient (Wildman–Crippen LogP) is 4.08. The molecule has 2 aromatic rings. The third kappa shape index (κ3) is 4.06. The van der Waals surface area contributed by atoms with E-state index in [0.717, 1.165) is 38.0 Å². The molecule has 1 heterocycles. The highest BCUT2D eigenvalue weighted by Gasteiger charge is 2.40. The number of fused-ring (bicyclic) bond motifs is 2. The van der Waals surface area contributed by atoms with Gasteiger partial charge in [0.2, 0.25) is 0 Å². The topological polar surface area (TPSA) is 52.7 Å². The number of carbonyl (C=O) groups excluding carboxylic acids is 2. The van der Waals surface area contributed by atoms with Crippen LogP contribution in [0, 0.1) is 11.8 Å². The van der Waals surface area contributed by atoms with Crippen LogP contribution in [0.25, 0.3) is 0 Å². The van der Waals surface area contributed by atoms with E-state index in [1.54, 1.807) is 18.0 Å². The number of amides is 2. The van der Waals surface area contributed by atoms with E-state index in [1.807, 2.05) is 25.1 Å². The number of nitrogens with zero attached hydrogens (tertiary/aromatic N) is 2. The minimum Gasteiger partial charge on any atom is -0.337 e. The first kappa shape index (κ1) is 19.6. The summed E-state index contributed by atoms with van der Waals surface area (Å²) in [5.41, 5.74) is 4.26. The highest BCUT2D eigenvalue weighted by molar-refractivity contribution is 5.97. The summed E-state index contributed by atoms with van der Waals surface area (Å²) in [4.78, 5) is 25.0. The monoisotopic (exact) mass is 391 g/mol. The smallest absolute Gasteiger partial charge is 0.336 e. The van der Waals surface area contributed by atoms with Crippen LogP contribution in [-0.2, 0) is 12.8 Å². The molecule has 2 atom stereocenters. The summed E-state index contributed by atoms with van der Waals surface area (Å²) in [5.74, 6) is 1.09. The minimum atomic E-state index is -0.122. The largest absolute Gasteiger partial charge is 0.337 e. The molecule has 0 spiro atoms. The third-order valence-electron chi connectivity index (χ3n) is 6.14. The second-order valence-corrected chi connectivity index (χ2v) is 8.22. The van der Waals surface area contributed by atoms with Crippen LogP contribution >= 0.6 is 0 Å². The Morgan fingerprint density at radius 1 is 1.03 bits per heavy atom. The van der Waals surface area contributed by atoms with E-state index in [1.165, 1.54) is 11.1 Å². The van der Waals surface area contributed by atoms with Crippen molar-refractivity contribution in [3.05, 3.63) is 65.2 Å². The van der Waals surface area contributed by atoms with Crippen molar-refractivity contribution in [3.8, 4) is 0 Å². The molecule has 0 aromatic heterocycles. The molecule has 0 saturated carbocycles. The van der Waals surface area contributed by atoms with Crippen LogP contribution in [0.2, 0.25) is 0 Å². The van der Waals surface area contributed by atoms with Crippen molar-refractivity contribution in [2.75, 3.05) is 24.6 Å². The first-order chi connectivity index (χ1) is 14.1. The van der Waals surface area contributed by atoms with Crippen molar-refractivity contribution in [1.82, 2.24) is 10.3 Å². The Morgan fingerprint density at radius 2 is 1.69 bits per heavy atom. The van der Waals surface area contributed by atoms with Gasteiger partial charge in [0, 0.05) is 25.2 Å². The summed E-state index contributed by atoms with van der Waals surface area (Å²) in [7, 11) is 0.